The van der Waals surface area contributed by atoms with E-state index in [4.69, 9.17) is 4.74 Å². The summed E-state index contributed by atoms with van der Waals surface area (Å²) in [7, 11) is -2.12. The lowest BCUT2D eigenvalue weighted by Gasteiger charge is -2.24. The second-order valence-corrected chi connectivity index (χ2v) is 7.21. The number of methoxy groups -OCH3 is 1. The standard InChI is InChI=1S/C18H21NO3S/c1-5-10-19(16-12-14(2)11-15(3)13-16)23(20,21)18-8-6-17(22-4)7-9-18/h5-9,11-13H,1,10H2,2-4H3. The third-order valence-electron chi connectivity index (χ3n) is 3.44. The summed E-state index contributed by atoms with van der Waals surface area (Å²) in [5, 5.41) is 0. The molecule has 0 radical (unpaired) electrons. The van der Waals surface area contributed by atoms with E-state index in [0.717, 1.165) is 11.1 Å². The van der Waals surface area contributed by atoms with Crippen molar-refractivity contribution in [1.82, 2.24) is 0 Å². The average Bonchev–Trinajstić information content (AvgIpc) is 2.51. The van der Waals surface area contributed by atoms with Crippen LogP contribution in [0.2, 0.25) is 0 Å². The number of aryl methyl sites for hydroxylation is 2. The molecule has 122 valence electrons. The Bertz CT molecular complexity index is 775. The van der Waals surface area contributed by atoms with Crippen molar-refractivity contribution in [2.75, 3.05) is 18.0 Å². The lowest BCUT2D eigenvalue weighted by molar-refractivity contribution is 0.414. The smallest absolute Gasteiger partial charge is 0.264 e. The maximum Gasteiger partial charge on any atom is 0.264 e. The first kappa shape index (κ1) is 17.1. The van der Waals surface area contributed by atoms with Gasteiger partial charge in [0.15, 0.2) is 0 Å². The topological polar surface area (TPSA) is 46.6 Å². The number of ether oxygens (including phenoxy) is 1. The van der Waals surface area contributed by atoms with Crippen LogP contribution in [0.3, 0.4) is 0 Å². The molecule has 0 atom stereocenters. The summed E-state index contributed by atoms with van der Waals surface area (Å²) in [6.45, 7) is 7.78. The second-order valence-electron chi connectivity index (χ2n) is 5.35. The molecule has 0 aliphatic heterocycles. The molecule has 0 unspecified atom stereocenters. The van der Waals surface area contributed by atoms with Gasteiger partial charge in [-0.3, -0.25) is 4.31 Å². The molecule has 2 aromatic carbocycles. The van der Waals surface area contributed by atoms with Gasteiger partial charge in [-0.15, -0.1) is 6.58 Å². The van der Waals surface area contributed by atoms with Crippen LogP contribution in [0.5, 0.6) is 5.75 Å². The molecule has 0 spiro atoms. The van der Waals surface area contributed by atoms with Crippen LogP contribution in [0.25, 0.3) is 0 Å². The van der Waals surface area contributed by atoms with Crippen molar-refractivity contribution >= 4 is 15.7 Å². The van der Waals surface area contributed by atoms with Gasteiger partial charge in [0, 0.05) is 0 Å². The molecule has 0 aliphatic carbocycles. The monoisotopic (exact) mass is 331 g/mol. The minimum atomic E-state index is -3.67. The summed E-state index contributed by atoms with van der Waals surface area (Å²) < 4.78 is 32.4. The van der Waals surface area contributed by atoms with E-state index in [0.29, 0.717) is 11.4 Å². The molecule has 0 aromatic heterocycles. The second kappa shape index (κ2) is 6.87. The number of anilines is 1. The maximum absolute atomic E-state index is 13.0. The van der Waals surface area contributed by atoms with Crippen molar-refractivity contribution in [1.29, 1.82) is 0 Å². The van der Waals surface area contributed by atoms with E-state index < -0.39 is 10.0 Å². The van der Waals surface area contributed by atoms with Crippen LogP contribution >= 0.6 is 0 Å². The van der Waals surface area contributed by atoms with Gasteiger partial charge in [0.1, 0.15) is 5.75 Å². The van der Waals surface area contributed by atoms with Gasteiger partial charge in [0.05, 0.1) is 24.2 Å². The van der Waals surface area contributed by atoms with Gasteiger partial charge >= 0.3 is 0 Å². The molecular weight excluding hydrogens is 310 g/mol. The van der Waals surface area contributed by atoms with E-state index in [1.807, 2.05) is 32.0 Å². The highest BCUT2D eigenvalue weighted by Gasteiger charge is 2.24. The molecule has 4 nitrogen and oxygen atoms in total. The van der Waals surface area contributed by atoms with Crippen LogP contribution in [0.1, 0.15) is 11.1 Å². The third kappa shape index (κ3) is 3.74. The van der Waals surface area contributed by atoms with Crippen molar-refractivity contribution in [2.45, 2.75) is 18.7 Å². The fraction of sp³-hybridized carbons (Fsp3) is 0.222. The zero-order valence-electron chi connectivity index (χ0n) is 13.6. The molecule has 0 N–H and O–H groups in total. The summed E-state index contributed by atoms with van der Waals surface area (Å²) in [4.78, 5) is 0.222. The molecule has 23 heavy (non-hydrogen) atoms. The fourth-order valence-electron chi connectivity index (χ4n) is 2.43. The van der Waals surface area contributed by atoms with Crippen molar-refractivity contribution in [3.63, 3.8) is 0 Å². The fourth-order valence-corrected chi connectivity index (χ4v) is 3.85. The zero-order valence-corrected chi connectivity index (χ0v) is 14.4. The number of hydrogen-bond acceptors (Lipinski definition) is 3. The van der Waals surface area contributed by atoms with Crippen LogP contribution in [-0.2, 0) is 10.0 Å². The van der Waals surface area contributed by atoms with Crippen molar-refractivity contribution < 1.29 is 13.2 Å². The number of benzene rings is 2. The Morgan fingerprint density at radius 3 is 2.13 bits per heavy atom. The molecule has 0 heterocycles. The first-order valence-corrected chi connectivity index (χ1v) is 8.68. The Kier molecular flexibility index (Phi) is 5.11. The molecule has 0 saturated carbocycles. The first-order valence-electron chi connectivity index (χ1n) is 7.24. The highest BCUT2D eigenvalue weighted by molar-refractivity contribution is 7.92. The molecule has 0 saturated heterocycles. The normalized spacial score (nSPS) is 11.1. The highest BCUT2D eigenvalue weighted by atomic mass is 32.2. The van der Waals surface area contributed by atoms with Gasteiger partial charge in [0.25, 0.3) is 10.0 Å². The van der Waals surface area contributed by atoms with E-state index in [1.54, 1.807) is 37.5 Å². The van der Waals surface area contributed by atoms with E-state index in [9.17, 15) is 8.42 Å². The predicted molar refractivity (Wildman–Crippen MR) is 93.6 cm³/mol. The Hall–Kier alpha value is -2.27. The van der Waals surface area contributed by atoms with Gasteiger partial charge in [0.2, 0.25) is 0 Å². The van der Waals surface area contributed by atoms with Crippen molar-refractivity contribution in [3.05, 3.63) is 66.2 Å². The Morgan fingerprint density at radius 2 is 1.65 bits per heavy atom. The van der Waals surface area contributed by atoms with Gasteiger partial charge in [-0.2, -0.15) is 0 Å². The third-order valence-corrected chi connectivity index (χ3v) is 5.24. The molecular formula is C18H21NO3S. The summed E-state index contributed by atoms with van der Waals surface area (Å²) in [6, 6.07) is 12.1. The zero-order chi connectivity index (χ0) is 17.0. The number of rotatable bonds is 6. The molecule has 0 bridgehead atoms. The summed E-state index contributed by atoms with van der Waals surface area (Å²) in [6.07, 6.45) is 1.58. The molecule has 2 aromatic rings. The summed E-state index contributed by atoms with van der Waals surface area (Å²) in [5.74, 6) is 0.616. The van der Waals surface area contributed by atoms with Crippen LogP contribution in [0, 0.1) is 13.8 Å². The highest BCUT2D eigenvalue weighted by Crippen LogP contribution is 2.26. The van der Waals surface area contributed by atoms with Gasteiger partial charge in [-0.25, -0.2) is 8.42 Å². The Labute approximate surface area is 138 Å². The van der Waals surface area contributed by atoms with Crippen LogP contribution < -0.4 is 9.04 Å². The van der Waals surface area contributed by atoms with E-state index >= 15 is 0 Å². The molecule has 5 heteroatoms. The summed E-state index contributed by atoms with van der Waals surface area (Å²) in [5.41, 5.74) is 2.66. The quantitative estimate of drug-likeness (QED) is 0.758. The SMILES string of the molecule is C=CCN(c1cc(C)cc(C)c1)S(=O)(=O)c1ccc(OC)cc1. The molecule has 0 aliphatic rings. The number of nitrogens with zero attached hydrogens (tertiary/aromatic N) is 1. The van der Waals surface area contributed by atoms with Crippen LogP contribution in [0.15, 0.2) is 60.0 Å². The number of hydrogen-bond donors (Lipinski definition) is 0. The lowest BCUT2D eigenvalue weighted by atomic mass is 10.1. The predicted octanol–water partition coefficient (Wildman–Crippen LogP) is 3.69. The minimum Gasteiger partial charge on any atom is -0.497 e. The largest absolute Gasteiger partial charge is 0.497 e. The van der Waals surface area contributed by atoms with Crippen molar-refractivity contribution in [2.24, 2.45) is 0 Å². The van der Waals surface area contributed by atoms with Gasteiger partial charge in [-0.05, 0) is 61.4 Å². The van der Waals surface area contributed by atoms with Gasteiger partial charge in [-0.1, -0.05) is 12.1 Å². The molecule has 0 fully saturated rings. The maximum atomic E-state index is 13.0. The first-order chi connectivity index (χ1) is 10.9. The van der Waals surface area contributed by atoms with E-state index in [1.165, 1.54) is 4.31 Å². The van der Waals surface area contributed by atoms with E-state index in [-0.39, 0.29) is 11.4 Å². The van der Waals surface area contributed by atoms with Crippen LogP contribution in [0.4, 0.5) is 5.69 Å². The van der Waals surface area contributed by atoms with Crippen molar-refractivity contribution in [3.8, 4) is 5.75 Å². The average molecular weight is 331 g/mol. The molecule has 0 amide bonds. The minimum absolute atomic E-state index is 0.206. The lowest BCUT2D eigenvalue weighted by Crippen LogP contribution is -2.31. The van der Waals surface area contributed by atoms with Gasteiger partial charge < -0.3 is 4.74 Å². The molecule has 2 rings (SSSR count). The van der Waals surface area contributed by atoms with Crippen LogP contribution in [-0.4, -0.2) is 22.1 Å². The number of sulfonamides is 1. The van der Waals surface area contributed by atoms with E-state index in [2.05, 4.69) is 6.58 Å². The Balaban J connectivity index is 2.51. The Morgan fingerprint density at radius 1 is 1.09 bits per heavy atom. The summed E-state index contributed by atoms with van der Waals surface area (Å²) >= 11 is 0.